The molecule has 0 saturated carbocycles. The first-order valence-electron chi connectivity index (χ1n) is 5.22. The molecule has 2 rings (SSSR count). The van der Waals surface area contributed by atoms with Gasteiger partial charge in [-0.15, -0.1) is 0 Å². The molecule has 1 aromatic carbocycles. The fourth-order valence-electron chi connectivity index (χ4n) is 1.49. The molecule has 2 N–H and O–H groups in total. The highest BCUT2D eigenvalue weighted by molar-refractivity contribution is 6.39. The van der Waals surface area contributed by atoms with Gasteiger partial charge in [0.25, 0.3) is 5.91 Å². The fourth-order valence-corrected chi connectivity index (χ4v) is 1.49. The van der Waals surface area contributed by atoms with E-state index < -0.39 is 11.6 Å². The van der Waals surface area contributed by atoms with E-state index >= 15 is 0 Å². The van der Waals surface area contributed by atoms with E-state index in [9.17, 15) is 13.6 Å². The second kappa shape index (κ2) is 4.90. The minimum Gasteiger partial charge on any atom is -0.351 e. The Morgan fingerprint density at radius 3 is 2.94 bits per heavy atom. The van der Waals surface area contributed by atoms with Crippen LogP contribution in [-0.4, -0.2) is 18.2 Å². The van der Waals surface area contributed by atoms with E-state index in [0.29, 0.717) is 18.7 Å². The number of nitrogens with one attached hydrogen (secondary N) is 2. The largest absolute Gasteiger partial charge is 0.351 e. The molecule has 0 bridgehead atoms. The van der Waals surface area contributed by atoms with Crippen LogP contribution >= 0.6 is 0 Å². The predicted molar refractivity (Wildman–Crippen MR) is 59.7 cm³/mol. The van der Waals surface area contributed by atoms with Crippen molar-refractivity contribution in [2.45, 2.75) is 12.8 Å². The van der Waals surface area contributed by atoms with Crippen LogP contribution in [0.2, 0.25) is 0 Å². The molecule has 1 saturated heterocycles. The molecular weight excluding hydrogens is 228 g/mol. The van der Waals surface area contributed by atoms with Crippen molar-refractivity contribution in [3.63, 3.8) is 0 Å². The number of hydrogen-bond donors (Lipinski definition) is 2. The van der Waals surface area contributed by atoms with Crippen molar-refractivity contribution in [3.05, 3.63) is 29.8 Å². The smallest absolute Gasteiger partial charge is 0.267 e. The topological polar surface area (TPSA) is 53.5 Å². The number of hydrazone groups is 1. The standard InChI is InChI=1S/C11H11F2N3O/c12-7-3-4-8(13)10(6-7)16-15-9-2-1-5-14-11(9)17/h3-4,6,16H,1-2,5H2,(H,14,17)/b15-9+. The number of hydrogen-bond acceptors (Lipinski definition) is 3. The Labute approximate surface area is 96.7 Å². The van der Waals surface area contributed by atoms with Crippen molar-refractivity contribution in [1.29, 1.82) is 0 Å². The normalized spacial score (nSPS) is 18.0. The Balaban J connectivity index is 2.13. The van der Waals surface area contributed by atoms with E-state index in [4.69, 9.17) is 0 Å². The van der Waals surface area contributed by atoms with Gasteiger partial charge in [0.2, 0.25) is 0 Å². The number of amides is 1. The van der Waals surface area contributed by atoms with Crippen molar-refractivity contribution in [3.8, 4) is 0 Å². The highest BCUT2D eigenvalue weighted by atomic mass is 19.1. The van der Waals surface area contributed by atoms with Gasteiger partial charge in [0.15, 0.2) is 0 Å². The number of nitrogens with zero attached hydrogens (tertiary/aromatic N) is 1. The highest BCUT2D eigenvalue weighted by Gasteiger charge is 2.16. The van der Waals surface area contributed by atoms with Crippen LogP contribution in [-0.2, 0) is 4.79 Å². The van der Waals surface area contributed by atoms with Crippen LogP contribution in [0.4, 0.5) is 14.5 Å². The van der Waals surface area contributed by atoms with Crippen LogP contribution in [0.5, 0.6) is 0 Å². The van der Waals surface area contributed by atoms with Gasteiger partial charge < -0.3 is 5.32 Å². The Kier molecular flexibility index (Phi) is 3.32. The summed E-state index contributed by atoms with van der Waals surface area (Å²) in [5, 5.41) is 6.40. The zero-order valence-corrected chi connectivity index (χ0v) is 8.96. The molecule has 6 heteroatoms. The number of anilines is 1. The monoisotopic (exact) mass is 239 g/mol. The molecule has 0 aromatic heterocycles. The summed E-state index contributed by atoms with van der Waals surface area (Å²) in [6.45, 7) is 0.617. The molecule has 1 heterocycles. The Morgan fingerprint density at radius 1 is 1.35 bits per heavy atom. The quantitative estimate of drug-likeness (QED) is 0.771. The summed E-state index contributed by atoms with van der Waals surface area (Å²) >= 11 is 0. The Hall–Kier alpha value is -1.98. The van der Waals surface area contributed by atoms with Crippen LogP contribution < -0.4 is 10.7 Å². The number of rotatable bonds is 2. The number of benzene rings is 1. The maximum atomic E-state index is 13.2. The summed E-state index contributed by atoms with van der Waals surface area (Å²) in [6, 6.07) is 3.00. The van der Waals surface area contributed by atoms with Crippen molar-refractivity contribution in [2.24, 2.45) is 5.10 Å². The molecule has 0 spiro atoms. The number of halogens is 2. The molecule has 0 atom stereocenters. The SMILES string of the molecule is O=C1NCCC/C1=N\Nc1cc(F)ccc1F. The molecule has 1 aliphatic heterocycles. The average molecular weight is 239 g/mol. The van der Waals surface area contributed by atoms with Crippen LogP contribution in [0.15, 0.2) is 23.3 Å². The molecule has 90 valence electrons. The van der Waals surface area contributed by atoms with Crippen LogP contribution in [0.1, 0.15) is 12.8 Å². The van der Waals surface area contributed by atoms with Gasteiger partial charge in [-0.1, -0.05) is 0 Å². The molecule has 1 aromatic rings. The molecule has 1 amide bonds. The number of carbonyl (C=O) groups excluding carboxylic acids is 1. The lowest BCUT2D eigenvalue weighted by atomic mass is 10.1. The first kappa shape index (κ1) is 11.5. The summed E-state index contributed by atoms with van der Waals surface area (Å²) in [6.07, 6.45) is 1.31. The van der Waals surface area contributed by atoms with E-state index in [1.807, 2.05) is 0 Å². The minimum absolute atomic E-state index is 0.0872. The van der Waals surface area contributed by atoms with Crippen molar-refractivity contribution in [1.82, 2.24) is 5.32 Å². The second-order valence-electron chi connectivity index (χ2n) is 3.65. The van der Waals surface area contributed by atoms with Gasteiger partial charge in [-0.05, 0) is 25.0 Å². The summed E-state index contributed by atoms with van der Waals surface area (Å²) in [4.78, 5) is 11.3. The van der Waals surface area contributed by atoms with Gasteiger partial charge in [0.05, 0.1) is 5.69 Å². The highest BCUT2D eigenvalue weighted by Crippen LogP contribution is 2.15. The summed E-state index contributed by atoms with van der Waals surface area (Å²) < 4.78 is 26.1. The van der Waals surface area contributed by atoms with Gasteiger partial charge in [0, 0.05) is 12.6 Å². The van der Waals surface area contributed by atoms with E-state index in [1.54, 1.807) is 0 Å². The Bertz CT molecular complexity index is 474. The third kappa shape index (κ3) is 2.77. The summed E-state index contributed by atoms with van der Waals surface area (Å²) in [5.74, 6) is -1.46. The van der Waals surface area contributed by atoms with Crippen molar-refractivity contribution >= 4 is 17.3 Å². The van der Waals surface area contributed by atoms with Gasteiger partial charge in [0.1, 0.15) is 17.3 Å². The minimum atomic E-state index is -0.619. The third-order valence-corrected chi connectivity index (χ3v) is 2.38. The number of piperidine rings is 1. The molecule has 0 radical (unpaired) electrons. The van der Waals surface area contributed by atoms with E-state index in [1.165, 1.54) is 0 Å². The fraction of sp³-hybridized carbons (Fsp3) is 0.273. The molecule has 1 aliphatic rings. The van der Waals surface area contributed by atoms with E-state index in [2.05, 4.69) is 15.8 Å². The number of carbonyl (C=O) groups is 1. The lowest BCUT2D eigenvalue weighted by molar-refractivity contribution is -0.115. The molecular formula is C11H11F2N3O. The maximum absolute atomic E-state index is 13.2. The third-order valence-electron chi connectivity index (χ3n) is 2.38. The average Bonchev–Trinajstić information content (AvgIpc) is 2.32. The Morgan fingerprint density at radius 2 is 2.18 bits per heavy atom. The van der Waals surface area contributed by atoms with Gasteiger partial charge in [-0.3, -0.25) is 10.2 Å². The first-order chi connectivity index (χ1) is 8.16. The van der Waals surface area contributed by atoms with Gasteiger partial charge in [-0.25, -0.2) is 8.78 Å². The first-order valence-corrected chi connectivity index (χ1v) is 5.22. The van der Waals surface area contributed by atoms with E-state index in [-0.39, 0.29) is 11.6 Å². The van der Waals surface area contributed by atoms with Gasteiger partial charge >= 0.3 is 0 Å². The molecule has 0 unspecified atom stereocenters. The van der Waals surface area contributed by atoms with Gasteiger partial charge in [-0.2, -0.15) is 5.10 Å². The predicted octanol–water partition coefficient (Wildman–Crippen LogP) is 1.64. The van der Waals surface area contributed by atoms with Crippen LogP contribution in [0.3, 0.4) is 0 Å². The zero-order chi connectivity index (χ0) is 12.3. The lowest BCUT2D eigenvalue weighted by Gasteiger charge is -2.13. The van der Waals surface area contributed by atoms with Crippen LogP contribution in [0, 0.1) is 11.6 Å². The molecule has 1 fully saturated rings. The molecule has 4 nitrogen and oxygen atoms in total. The molecule has 0 aliphatic carbocycles. The second-order valence-corrected chi connectivity index (χ2v) is 3.65. The zero-order valence-electron chi connectivity index (χ0n) is 8.96. The van der Waals surface area contributed by atoms with Crippen molar-refractivity contribution < 1.29 is 13.6 Å². The van der Waals surface area contributed by atoms with E-state index in [0.717, 1.165) is 24.6 Å². The molecule has 17 heavy (non-hydrogen) atoms. The summed E-state index contributed by atoms with van der Waals surface area (Å²) in [7, 11) is 0. The van der Waals surface area contributed by atoms with Crippen LogP contribution in [0.25, 0.3) is 0 Å². The van der Waals surface area contributed by atoms with Crippen molar-refractivity contribution in [2.75, 3.05) is 12.0 Å². The maximum Gasteiger partial charge on any atom is 0.267 e. The summed E-state index contributed by atoms with van der Waals surface area (Å²) in [5.41, 5.74) is 2.57. The lowest BCUT2D eigenvalue weighted by Crippen LogP contribution is -2.37.